The second-order valence-electron chi connectivity index (χ2n) is 6.72. The van der Waals surface area contributed by atoms with Crippen LogP contribution in [0, 0.1) is 0 Å². The lowest BCUT2D eigenvalue weighted by atomic mass is 10.2. The number of nitrogens with zero attached hydrogens (tertiary/aromatic N) is 1. The number of aromatic nitrogens is 1. The van der Waals surface area contributed by atoms with Gasteiger partial charge in [0.2, 0.25) is 11.8 Å². The number of carbonyl (C=O) groups excluding carboxylic acids is 2. The maximum atomic E-state index is 12.8. The SMILES string of the molecule is CSCC[C@H](NC(=O)C[C@H]1Sc2ccccc2NC1=O)c1nc2ccccc2s1. The maximum Gasteiger partial charge on any atom is 0.238 e. The van der Waals surface area contributed by atoms with Crippen LogP contribution in [0.3, 0.4) is 0 Å². The van der Waals surface area contributed by atoms with Crippen LogP contribution >= 0.6 is 34.9 Å². The van der Waals surface area contributed by atoms with Crippen LogP contribution < -0.4 is 10.6 Å². The molecule has 0 saturated carbocycles. The summed E-state index contributed by atoms with van der Waals surface area (Å²) in [4.78, 5) is 30.9. The molecule has 2 heterocycles. The summed E-state index contributed by atoms with van der Waals surface area (Å²) < 4.78 is 1.12. The van der Waals surface area contributed by atoms with Crippen LogP contribution in [-0.4, -0.2) is 34.1 Å². The van der Waals surface area contributed by atoms with Crippen molar-refractivity contribution in [3.8, 4) is 0 Å². The van der Waals surface area contributed by atoms with E-state index in [1.54, 1.807) is 23.1 Å². The minimum atomic E-state index is -0.429. The lowest BCUT2D eigenvalue weighted by molar-refractivity contribution is -0.124. The summed E-state index contributed by atoms with van der Waals surface area (Å²) in [5.74, 6) is 0.680. The number of benzene rings is 2. The number of anilines is 1. The minimum Gasteiger partial charge on any atom is -0.347 e. The first-order chi connectivity index (χ1) is 14.1. The lowest BCUT2D eigenvalue weighted by Gasteiger charge is -2.24. The predicted molar refractivity (Wildman–Crippen MR) is 123 cm³/mol. The Kier molecular flexibility index (Phi) is 6.42. The molecule has 3 aromatic rings. The predicted octanol–water partition coefficient (Wildman–Crippen LogP) is 4.71. The molecule has 150 valence electrons. The summed E-state index contributed by atoms with van der Waals surface area (Å²) >= 11 is 4.81. The zero-order valence-corrected chi connectivity index (χ0v) is 18.3. The van der Waals surface area contributed by atoms with Gasteiger partial charge >= 0.3 is 0 Å². The van der Waals surface area contributed by atoms with Gasteiger partial charge in [-0.1, -0.05) is 24.3 Å². The Hall–Kier alpha value is -2.03. The number of para-hydroxylation sites is 2. The molecular formula is C21H21N3O2S3. The van der Waals surface area contributed by atoms with Gasteiger partial charge in [0.25, 0.3) is 0 Å². The van der Waals surface area contributed by atoms with Crippen molar-refractivity contribution in [2.45, 2.75) is 29.0 Å². The number of thioether (sulfide) groups is 2. The molecule has 0 unspecified atom stereocenters. The standard InChI is InChI=1S/C21H21N3O2S3/c1-27-11-10-15(21-24-14-7-3-5-9-17(14)29-21)22-19(25)12-18-20(26)23-13-6-2-4-8-16(13)28-18/h2-9,15,18H,10-12H2,1H3,(H,22,25)(H,23,26)/t15-,18+/m0/s1. The molecule has 2 N–H and O–H groups in total. The summed E-state index contributed by atoms with van der Waals surface area (Å²) in [7, 11) is 0. The Bertz CT molecular complexity index is 1000. The van der Waals surface area contributed by atoms with Gasteiger partial charge in [-0.3, -0.25) is 9.59 Å². The zero-order valence-electron chi connectivity index (χ0n) is 15.9. The first kappa shape index (κ1) is 20.3. The summed E-state index contributed by atoms with van der Waals surface area (Å²) in [6, 6.07) is 15.5. The molecule has 0 radical (unpaired) electrons. The summed E-state index contributed by atoms with van der Waals surface area (Å²) in [6.45, 7) is 0. The fourth-order valence-electron chi connectivity index (χ4n) is 3.18. The molecule has 2 aromatic carbocycles. The molecule has 2 amide bonds. The number of fused-ring (bicyclic) bond motifs is 2. The molecule has 2 atom stereocenters. The molecule has 5 nitrogen and oxygen atoms in total. The average Bonchev–Trinajstić information content (AvgIpc) is 3.16. The number of carbonyl (C=O) groups is 2. The number of hydrogen-bond acceptors (Lipinski definition) is 6. The van der Waals surface area contributed by atoms with Crippen molar-refractivity contribution in [1.82, 2.24) is 10.3 Å². The zero-order chi connectivity index (χ0) is 20.2. The molecule has 1 aliphatic heterocycles. The third kappa shape index (κ3) is 4.76. The van der Waals surface area contributed by atoms with Gasteiger partial charge in [0.15, 0.2) is 0 Å². The van der Waals surface area contributed by atoms with Crippen LogP contribution in [-0.2, 0) is 9.59 Å². The van der Waals surface area contributed by atoms with Gasteiger partial charge < -0.3 is 10.6 Å². The Labute approximate surface area is 182 Å². The molecule has 4 rings (SSSR count). The van der Waals surface area contributed by atoms with Crippen LogP contribution in [0.15, 0.2) is 53.4 Å². The highest BCUT2D eigenvalue weighted by Gasteiger charge is 2.30. The molecule has 0 bridgehead atoms. The molecule has 8 heteroatoms. The molecule has 0 spiro atoms. The number of hydrogen-bond donors (Lipinski definition) is 2. The largest absolute Gasteiger partial charge is 0.347 e. The van der Waals surface area contributed by atoms with Crippen LogP contribution in [0.25, 0.3) is 10.2 Å². The highest BCUT2D eigenvalue weighted by Crippen LogP contribution is 2.37. The average molecular weight is 444 g/mol. The first-order valence-electron chi connectivity index (χ1n) is 9.34. The van der Waals surface area contributed by atoms with Crippen LogP contribution in [0.1, 0.15) is 23.9 Å². The second-order valence-corrected chi connectivity index (χ2v) is 10.0. The van der Waals surface area contributed by atoms with E-state index in [0.717, 1.165) is 38.0 Å². The van der Waals surface area contributed by atoms with Crippen molar-refractivity contribution in [2.75, 3.05) is 17.3 Å². The van der Waals surface area contributed by atoms with Gasteiger partial charge in [-0.25, -0.2) is 4.98 Å². The monoisotopic (exact) mass is 443 g/mol. The molecule has 0 saturated heterocycles. The Balaban J connectivity index is 1.46. The van der Waals surface area contributed by atoms with E-state index in [-0.39, 0.29) is 24.3 Å². The van der Waals surface area contributed by atoms with Crippen molar-refractivity contribution < 1.29 is 9.59 Å². The van der Waals surface area contributed by atoms with E-state index in [1.807, 2.05) is 48.5 Å². The van der Waals surface area contributed by atoms with Gasteiger partial charge in [0.1, 0.15) is 5.01 Å². The smallest absolute Gasteiger partial charge is 0.238 e. The van der Waals surface area contributed by atoms with Crippen LogP contribution in [0.2, 0.25) is 0 Å². The van der Waals surface area contributed by atoms with E-state index in [2.05, 4.69) is 16.9 Å². The minimum absolute atomic E-state index is 0.121. The molecule has 0 fully saturated rings. The maximum absolute atomic E-state index is 12.8. The van der Waals surface area contributed by atoms with Crippen molar-refractivity contribution in [3.05, 3.63) is 53.5 Å². The van der Waals surface area contributed by atoms with Crippen molar-refractivity contribution in [2.24, 2.45) is 0 Å². The Morgan fingerprint density at radius 2 is 2.03 bits per heavy atom. The third-order valence-corrected chi connectivity index (χ3v) is 7.70. The van der Waals surface area contributed by atoms with Crippen LogP contribution in [0.4, 0.5) is 5.69 Å². The number of nitrogens with one attached hydrogen (secondary N) is 2. The lowest BCUT2D eigenvalue weighted by Crippen LogP contribution is -2.36. The summed E-state index contributed by atoms with van der Waals surface area (Å²) in [5, 5.41) is 6.51. The van der Waals surface area contributed by atoms with E-state index in [0.29, 0.717) is 0 Å². The molecule has 29 heavy (non-hydrogen) atoms. The fraction of sp³-hybridized carbons (Fsp3) is 0.286. The van der Waals surface area contributed by atoms with E-state index in [1.165, 1.54) is 11.8 Å². The normalized spacial score (nSPS) is 16.9. The number of thiazole rings is 1. The molecule has 1 aromatic heterocycles. The van der Waals surface area contributed by atoms with Gasteiger partial charge in [0, 0.05) is 11.3 Å². The van der Waals surface area contributed by atoms with E-state index in [4.69, 9.17) is 4.98 Å². The topological polar surface area (TPSA) is 71.1 Å². The first-order valence-corrected chi connectivity index (χ1v) is 12.4. The van der Waals surface area contributed by atoms with E-state index >= 15 is 0 Å². The summed E-state index contributed by atoms with van der Waals surface area (Å²) in [6.07, 6.45) is 3.00. The molecule has 1 aliphatic rings. The molecule has 0 aliphatic carbocycles. The van der Waals surface area contributed by atoms with Gasteiger partial charge in [-0.2, -0.15) is 11.8 Å². The number of amides is 2. The Morgan fingerprint density at radius 3 is 2.86 bits per heavy atom. The van der Waals surface area contributed by atoms with Gasteiger partial charge in [0.05, 0.1) is 27.2 Å². The third-order valence-electron chi connectivity index (χ3n) is 4.63. The highest BCUT2D eigenvalue weighted by molar-refractivity contribution is 8.01. The highest BCUT2D eigenvalue weighted by atomic mass is 32.2. The van der Waals surface area contributed by atoms with Gasteiger partial charge in [-0.15, -0.1) is 23.1 Å². The van der Waals surface area contributed by atoms with E-state index < -0.39 is 5.25 Å². The Morgan fingerprint density at radius 1 is 1.24 bits per heavy atom. The quantitative estimate of drug-likeness (QED) is 0.553. The fourth-order valence-corrected chi connectivity index (χ4v) is 5.82. The van der Waals surface area contributed by atoms with Crippen molar-refractivity contribution in [3.63, 3.8) is 0 Å². The van der Waals surface area contributed by atoms with Crippen LogP contribution in [0.5, 0.6) is 0 Å². The second kappa shape index (κ2) is 9.19. The van der Waals surface area contributed by atoms with E-state index in [9.17, 15) is 9.59 Å². The molecular weight excluding hydrogens is 422 g/mol. The number of rotatable bonds is 7. The van der Waals surface area contributed by atoms with Crippen molar-refractivity contribution in [1.29, 1.82) is 0 Å². The summed E-state index contributed by atoms with van der Waals surface area (Å²) in [5.41, 5.74) is 1.77. The van der Waals surface area contributed by atoms with Gasteiger partial charge in [-0.05, 0) is 42.7 Å². The van der Waals surface area contributed by atoms with Crippen molar-refractivity contribution >= 4 is 62.6 Å².